The molecule has 0 spiro atoms. The third-order valence-electron chi connectivity index (χ3n) is 8.43. The number of nitro benzene ring substituents is 1. The fraction of sp³-hybridized carbons (Fsp3) is 0.314. The Morgan fingerprint density at radius 2 is 1.80 bits per heavy atom. The van der Waals surface area contributed by atoms with Crippen LogP contribution in [0.25, 0.3) is 0 Å². The first-order valence-electron chi connectivity index (χ1n) is 14.4. The van der Waals surface area contributed by atoms with Gasteiger partial charge in [-0.25, -0.2) is 0 Å². The van der Waals surface area contributed by atoms with Crippen LogP contribution in [0.15, 0.2) is 82.2 Å². The van der Waals surface area contributed by atoms with E-state index in [1.807, 2.05) is 33.8 Å². The van der Waals surface area contributed by atoms with Gasteiger partial charge in [-0.3, -0.25) is 19.8 Å². The normalized spacial score (nSPS) is 17.8. The molecule has 44 heavy (non-hydrogen) atoms. The third-order valence-corrected chi connectivity index (χ3v) is 9.49. The summed E-state index contributed by atoms with van der Waals surface area (Å²) in [5.41, 5.74) is 12.8. The number of carbonyl (C=O) groups is 1. The van der Waals surface area contributed by atoms with Gasteiger partial charge in [-0.15, -0.1) is 11.8 Å². The van der Waals surface area contributed by atoms with Gasteiger partial charge >= 0.3 is 0 Å². The number of Topliss-reactive ketones (excluding diaryl/α,β-unsaturated/α-hetero) is 1. The third kappa shape index (κ3) is 5.70. The molecule has 0 bridgehead atoms. The molecule has 9 heteroatoms. The Bertz CT molecular complexity index is 1780. The van der Waals surface area contributed by atoms with Crippen LogP contribution < -0.4 is 15.4 Å². The van der Waals surface area contributed by atoms with Crippen LogP contribution in [-0.4, -0.2) is 17.8 Å². The van der Waals surface area contributed by atoms with Crippen molar-refractivity contribution in [2.24, 2.45) is 11.1 Å². The molecule has 0 radical (unpaired) electrons. The molecule has 0 saturated carbocycles. The van der Waals surface area contributed by atoms with Gasteiger partial charge in [0.1, 0.15) is 17.3 Å². The van der Waals surface area contributed by atoms with E-state index in [1.54, 1.807) is 28.8 Å². The number of allylic oxidation sites excluding steroid dienone is 3. The summed E-state index contributed by atoms with van der Waals surface area (Å²) in [6.45, 7) is 10.1. The van der Waals surface area contributed by atoms with E-state index >= 15 is 0 Å². The van der Waals surface area contributed by atoms with Crippen molar-refractivity contribution in [2.75, 3.05) is 12.0 Å². The highest BCUT2D eigenvalue weighted by Crippen LogP contribution is 2.52. The van der Waals surface area contributed by atoms with Gasteiger partial charge < -0.3 is 10.5 Å². The lowest BCUT2D eigenvalue weighted by molar-refractivity contribution is -0.384. The van der Waals surface area contributed by atoms with Gasteiger partial charge in [-0.1, -0.05) is 49.2 Å². The van der Waals surface area contributed by atoms with Crippen molar-refractivity contribution in [2.45, 2.75) is 64.0 Å². The number of ketones is 1. The fourth-order valence-electron chi connectivity index (χ4n) is 6.27. The number of methoxy groups -OCH3 is 1. The van der Waals surface area contributed by atoms with Gasteiger partial charge in [0.15, 0.2) is 5.78 Å². The molecule has 5 rings (SSSR count). The summed E-state index contributed by atoms with van der Waals surface area (Å²) in [4.78, 5) is 28.6. The zero-order valence-electron chi connectivity index (χ0n) is 25.9. The van der Waals surface area contributed by atoms with Crippen LogP contribution in [-0.2, 0) is 10.5 Å². The summed E-state index contributed by atoms with van der Waals surface area (Å²) in [6.07, 6.45) is 0.745. The van der Waals surface area contributed by atoms with E-state index in [1.165, 1.54) is 18.7 Å². The average Bonchev–Trinajstić information content (AvgIpc) is 2.97. The van der Waals surface area contributed by atoms with E-state index < -0.39 is 16.3 Å². The molecule has 0 saturated heterocycles. The molecule has 1 heterocycles. The molecule has 3 aromatic rings. The quantitative estimate of drug-likeness (QED) is 0.164. The van der Waals surface area contributed by atoms with Crippen molar-refractivity contribution >= 4 is 28.9 Å². The summed E-state index contributed by atoms with van der Waals surface area (Å²) in [7, 11) is 1.44. The zero-order valence-corrected chi connectivity index (χ0v) is 26.7. The number of nitriles is 1. The lowest BCUT2D eigenvalue weighted by Gasteiger charge is -2.43. The summed E-state index contributed by atoms with van der Waals surface area (Å²) in [6, 6.07) is 19.4. The van der Waals surface area contributed by atoms with Gasteiger partial charge in [0, 0.05) is 28.3 Å². The molecular formula is C35H36N4O4S. The monoisotopic (exact) mass is 608 g/mol. The first-order valence-corrected chi connectivity index (χ1v) is 15.4. The number of ether oxygens (including phenoxy) is 1. The number of benzene rings is 3. The molecule has 3 aromatic carbocycles. The van der Waals surface area contributed by atoms with Crippen molar-refractivity contribution < 1.29 is 14.5 Å². The first kappa shape index (κ1) is 30.9. The van der Waals surface area contributed by atoms with E-state index in [0.717, 1.165) is 27.1 Å². The number of rotatable bonds is 7. The summed E-state index contributed by atoms with van der Waals surface area (Å²) in [5.74, 6) is 0.355. The maximum Gasteiger partial charge on any atom is 0.296 e. The lowest BCUT2D eigenvalue weighted by Crippen LogP contribution is -2.42. The second-order valence-electron chi connectivity index (χ2n) is 12.3. The molecule has 1 aliphatic heterocycles. The molecule has 2 N–H and O–H groups in total. The minimum atomic E-state index is -0.685. The van der Waals surface area contributed by atoms with Crippen molar-refractivity contribution in [3.05, 3.63) is 115 Å². The Hall–Kier alpha value is -4.55. The van der Waals surface area contributed by atoms with Crippen molar-refractivity contribution in [3.63, 3.8) is 0 Å². The predicted octanol–water partition coefficient (Wildman–Crippen LogP) is 7.76. The maximum absolute atomic E-state index is 14.1. The smallest absolute Gasteiger partial charge is 0.296 e. The largest absolute Gasteiger partial charge is 0.496 e. The molecule has 0 amide bonds. The summed E-state index contributed by atoms with van der Waals surface area (Å²) in [5, 5.41) is 22.8. The molecule has 1 unspecified atom stereocenters. The van der Waals surface area contributed by atoms with E-state index in [0.29, 0.717) is 35.6 Å². The number of anilines is 1. The second-order valence-corrected chi connectivity index (χ2v) is 13.4. The van der Waals surface area contributed by atoms with E-state index in [-0.39, 0.29) is 28.6 Å². The first-order chi connectivity index (χ1) is 20.8. The van der Waals surface area contributed by atoms with Crippen LogP contribution in [0.3, 0.4) is 0 Å². The van der Waals surface area contributed by atoms with Crippen LogP contribution in [0, 0.1) is 47.6 Å². The predicted molar refractivity (Wildman–Crippen MR) is 173 cm³/mol. The fourth-order valence-corrected chi connectivity index (χ4v) is 7.22. The number of nitro groups is 1. The van der Waals surface area contributed by atoms with Gasteiger partial charge in [-0.2, -0.15) is 5.26 Å². The highest BCUT2D eigenvalue weighted by molar-refractivity contribution is 7.98. The Morgan fingerprint density at radius 1 is 1.09 bits per heavy atom. The number of nitrogens with zero attached hydrogens (tertiary/aromatic N) is 3. The molecule has 226 valence electrons. The number of nitrogens with two attached hydrogens (primary N) is 1. The Kier molecular flexibility index (Phi) is 8.32. The summed E-state index contributed by atoms with van der Waals surface area (Å²) < 4.78 is 5.25. The Balaban J connectivity index is 1.70. The number of carbonyl (C=O) groups excluding carboxylic acids is 1. The van der Waals surface area contributed by atoms with Crippen LogP contribution >= 0.6 is 11.8 Å². The highest BCUT2D eigenvalue weighted by Gasteiger charge is 2.46. The Labute approximate surface area is 262 Å². The number of thioether (sulfide) groups is 1. The minimum Gasteiger partial charge on any atom is -0.496 e. The SMILES string of the molecule is COc1ccc(N2C(N)=C(C#N)C(c3cc(C)cc(CSc4ccc(C)cc4)c3C)C3=C2CC(C)(C)CC3=O)c([N+](=O)[O-])c1. The average molecular weight is 609 g/mol. The van der Waals surface area contributed by atoms with Crippen LogP contribution in [0.1, 0.15) is 60.4 Å². The van der Waals surface area contributed by atoms with E-state index in [2.05, 4.69) is 43.3 Å². The van der Waals surface area contributed by atoms with E-state index in [4.69, 9.17) is 10.5 Å². The maximum atomic E-state index is 14.1. The molecule has 1 aliphatic carbocycles. The van der Waals surface area contributed by atoms with Crippen LogP contribution in [0.4, 0.5) is 11.4 Å². The lowest BCUT2D eigenvalue weighted by atomic mass is 9.68. The molecular weight excluding hydrogens is 572 g/mol. The summed E-state index contributed by atoms with van der Waals surface area (Å²) >= 11 is 1.73. The van der Waals surface area contributed by atoms with Gasteiger partial charge in [-0.05, 0) is 73.6 Å². The number of hydrogen-bond acceptors (Lipinski definition) is 8. The van der Waals surface area contributed by atoms with E-state index in [9.17, 15) is 20.2 Å². The van der Waals surface area contributed by atoms with Gasteiger partial charge in [0.05, 0.1) is 35.7 Å². The molecule has 1 atom stereocenters. The van der Waals surface area contributed by atoms with Gasteiger partial charge in [0.2, 0.25) is 0 Å². The van der Waals surface area contributed by atoms with Gasteiger partial charge in [0.25, 0.3) is 5.69 Å². The molecule has 2 aliphatic rings. The standard InChI is InChI=1S/C35H36N4O4S/c1-20-7-10-25(11-8-20)44-19-23-13-21(2)14-26(22(23)3)32-27(18-36)34(37)38(30-16-35(4,5)17-31(40)33(30)32)28-12-9-24(43-6)15-29(28)39(41)42/h7-15,32H,16-17,19,37H2,1-6H3. The molecule has 0 aromatic heterocycles. The topological polar surface area (TPSA) is 122 Å². The van der Waals surface area contributed by atoms with Crippen LogP contribution in [0.2, 0.25) is 0 Å². The Morgan fingerprint density at radius 3 is 2.43 bits per heavy atom. The number of aryl methyl sites for hydroxylation is 2. The van der Waals surface area contributed by atoms with Crippen molar-refractivity contribution in [1.29, 1.82) is 5.26 Å². The number of hydrogen-bond donors (Lipinski definition) is 1. The highest BCUT2D eigenvalue weighted by atomic mass is 32.2. The zero-order chi connectivity index (χ0) is 31.9. The minimum absolute atomic E-state index is 0.0841. The van der Waals surface area contributed by atoms with Crippen molar-refractivity contribution in [1.82, 2.24) is 0 Å². The molecule has 8 nitrogen and oxygen atoms in total. The molecule has 0 fully saturated rings. The van der Waals surface area contributed by atoms with Crippen molar-refractivity contribution in [3.8, 4) is 11.8 Å². The second kappa shape index (κ2) is 11.9. The van der Waals surface area contributed by atoms with Crippen LogP contribution in [0.5, 0.6) is 5.75 Å².